The van der Waals surface area contributed by atoms with Crippen molar-refractivity contribution in [3.8, 4) is 0 Å². The number of rotatable bonds is 6. The van der Waals surface area contributed by atoms with Crippen molar-refractivity contribution >= 4 is 11.9 Å². The summed E-state index contributed by atoms with van der Waals surface area (Å²) in [5, 5.41) is 7.98. The zero-order chi connectivity index (χ0) is 13.4. The van der Waals surface area contributed by atoms with Gasteiger partial charge in [0.15, 0.2) is 0 Å². The summed E-state index contributed by atoms with van der Waals surface area (Å²) in [6.45, 7) is 3.70. The first-order chi connectivity index (χ1) is 8.63. The molecule has 3 N–H and O–H groups in total. The molecule has 0 aromatic rings. The number of carbonyl (C=O) groups excluding carboxylic acids is 2. The molecule has 1 aliphatic rings. The average Bonchev–Trinajstić information content (AvgIpc) is 2.81. The summed E-state index contributed by atoms with van der Waals surface area (Å²) in [7, 11) is 1.56. The van der Waals surface area contributed by atoms with E-state index in [0.29, 0.717) is 26.4 Å². The van der Waals surface area contributed by atoms with Crippen molar-refractivity contribution in [1.82, 2.24) is 16.0 Å². The minimum absolute atomic E-state index is 0.0359. The fourth-order valence-electron chi connectivity index (χ4n) is 1.57. The number of nitrogens with one attached hydrogen (secondary N) is 3. The molecule has 104 valence electrons. The lowest BCUT2D eigenvalue weighted by molar-refractivity contribution is -0.122. The smallest absolute Gasteiger partial charge is 0.315 e. The molecule has 0 radical (unpaired) electrons. The molecule has 3 amide bonds. The van der Waals surface area contributed by atoms with Crippen LogP contribution in [-0.4, -0.2) is 57.5 Å². The maximum absolute atomic E-state index is 11.6. The Morgan fingerprint density at radius 1 is 1.50 bits per heavy atom. The highest BCUT2D eigenvalue weighted by molar-refractivity contribution is 5.86. The maximum Gasteiger partial charge on any atom is 0.315 e. The minimum Gasteiger partial charge on any atom is -0.383 e. The van der Waals surface area contributed by atoms with Crippen molar-refractivity contribution in [2.75, 3.05) is 33.5 Å². The Hall–Kier alpha value is -1.34. The van der Waals surface area contributed by atoms with Crippen molar-refractivity contribution < 1.29 is 19.1 Å². The number of hydrogen-bond acceptors (Lipinski definition) is 4. The van der Waals surface area contributed by atoms with Crippen LogP contribution in [0.1, 0.15) is 13.3 Å². The molecule has 2 unspecified atom stereocenters. The van der Waals surface area contributed by atoms with E-state index in [9.17, 15) is 9.59 Å². The molecule has 0 aliphatic carbocycles. The lowest BCUT2D eigenvalue weighted by Gasteiger charge is -2.16. The van der Waals surface area contributed by atoms with Crippen molar-refractivity contribution in [3.63, 3.8) is 0 Å². The van der Waals surface area contributed by atoms with Crippen LogP contribution in [0.4, 0.5) is 4.79 Å². The van der Waals surface area contributed by atoms with E-state index in [4.69, 9.17) is 9.47 Å². The number of ether oxygens (including phenoxy) is 2. The van der Waals surface area contributed by atoms with Crippen molar-refractivity contribution in [2.24, 2.45) is 0 Å². The Labute approximate surface area is 107 Å². The molecule has 1 fully saturated rings. The fraction of sp³-hybridized carbons (Fsp3) is 0.818. The Morgan fingerprint density at radius 2 is 2.28 bits per heavy atom. The fourth-order valence-corrected chi connectivity index (χ4v) is 1.57. The molecule has 1 saturated heterocycles. The molecule has 0 bridgehead atoms. The summed E-state index contributed by atoms with van der Waals surface area (Å²) < 4.78 is 9.95. The average molecular weight is 259 g/mol. The highest BCUT2D eigenvalue weighted by Crippen LogP contribution is 2.02. The molecule has 0 aromatic heterocycles. The molecule has 1 aliphatic heterocycles. The van der Waals surface area contributed by atoms with E-state index in [-0.39, 0.29) is 18.0 Å². The van der Waals surface area contributed by atoms with Crippen LogP contribution in [0.5, 0.6) is 0 Å². The first-order valence-electron chi connectivity index (χ1n) is 6.05. The largest absolute Gasteiger partial charge is 0.383 e. The van der Waals surface area contributed by atoms with Crippen LogP contribution in [0.15, 0.2) is 0 Å². The van der Waals surface area contributed by atoms with E-state index in [1.165, 1.54) is 0 Å². The zero-order valence-corrected chi connectivity index (χ0v) is 10.8. The second-order valence-corrected chi connectivity index (χ2v) is 4.18. The molecular formula is C11H21N3O4. The molecular weight excluding hydrogens is 238 g/mol. The Balaban J connectivity index is 2.18. The van der Waals surface area contributed by atoms with Gasteiger partial charge in [-0.3, -0.25) is 4.79 Å². The lowest BCUT2D eigenvalue weighted by atomic mass is 10.2. The first kappa shape index (κ1) is 14.7. The van der Waals surface area contributed by atoms with Gasteiger partial charge in [-0.1, -0.05) is 0 Å². The van der Waals surface area contributed by atoms with Crippen LogP contribution < -0.4 is 16.0 Å². The van der Waals surface area contributed by atoms with Crippen LogP contribution in [0.2, 0.25) is 0 Å². The molecule has 0 aromatic carbocycles. The molecule has 2 atom stereocenters. The van der Waals surface area contributed by atoms with Crippen LogP contribution >= 0.6 is 0 Å². The number of carbonyl (C=O) groups is 2. The monoisotopic (exact) mass is 259 g/mol. The van der Waals surface area contributed by atoms with Gasteiger partial charge in [-0.25, -0.2) is 4.79 Å². The lowest BCUT2D eigenvalue weighted by Crippen LogP contribution is -2.51. The number of amides is 3. The summed E-state index contributed by atoms with van der Waals surface area (Å²) in [4.78, 5) is 23.1. The van der Waals surface area contributed by atoms with Gasteiger partial charge in [-0.15, -0.1) is 0 Å². The molecule has 0 saturated carbocycles. The summed E-state index contributed by atoms with van der Waals surface area (Å²) in [6, 6.07) is -0.891. The second kappa shape index (κ2) is 7.88. The van der Waals surface area contributed by atoms with E-state index < -0.39 is 6.04 Å². The first-order valence-corrected chi connectivity index (χ1v) is 6.05. The third-order valence-corrected chi connectivity index (χ3v) is 2.61. The predicted molar refractivity (Wildman–Crippen MR) is 65.2 cm³/mol. The van der Waals surface area contributed by atoms with E-state index >= 15 is 0 Å². The Kier molecular flexibility index (Phi) is 6.45. The van der Waals surface area contributed by atoms with Crippen LogP contribution in [0.3, 0.4) is 0 Å². The maximum atomic E-state index is 11.6. The topological polar surface area (TPSA) is 88.7 Å². The van der Waals surface area contributed by atoms with Gasteiger partial charge < -0.3 is 25.4 Å². The molecule has 0 spiro atoms. The number of urea groups is 1. The summed E-state index contributed by atoms with van der Waals surface area (Å²) in [5.41, 5.74) is 0. The Morgan fingerprint density at radius 3 is 2.89 bits per heavy atom. The van der Waals surface area contributed by atoms with Gasteiger partial charge >= 0.3 is 6.03 Å². The number of hydrogen-bond donors (Lipinski definition) is 3. The third-order valence-electron chi connectivity index (χ3n) is 2.61. The van der Waals surface area contributed by atoms with Crippen LogP contribution in [-0.2, 0) is 14.3 Å². The van der Waals surface area contributed by atoms with Gasteiger partial charge in [0.25, 0.3) is 0 Å². The van der Waals surface area contributed by atoms with Crippen LogP contribution in [0, 0.1) is 0 Å². The van der Waals surface area contributed by atoms with Crippen molar-refractivity contribution in [2.45, 2.75) is 25.4 Å². The standard InChI is InChI=1S/C11H21N3O4/c1-8(10(15)12-4-6-17-2)13-11(16)14-9-3-5-18-7-9/h8-9H,3-7H2,1-2H3,(H,12,15)(H2,13,14,16). The van der Waals surface area contributed by atoms with E-state index in [1.807, 2.05) is 0 Å². The molecule has 7 heteroatoms. The van der Waals surface area contributed by atoms with Gasteiger partial charge in [0.05, 0.1) is 19.3 Å². The quantitative estimate of drug-likeness (QED) is 0.546. The van der Waals surface area contributed by atoms with Crippen LogP contribution in [0.25, 0.3) is 0 Å². The van der Waals surface area contributed by atoms with Crippen molar-refractivity contribution in [1.29, 1.82) is 0 Å². The summed E-state index contributed by atoms with van der Waals surface area (Å²) >= 11 is 0. The number of methoxy groups -OCH3 is 1. The van der Waals surface area contributed by atoms with E-state index in [0.717, 1.165) is 6.42 Å². The Bertz CT molecular complexity index is 279. The molecule has 7 nitrogen and oxygen atoms in total. The summed E-state index contributed by atoms with van der Waals surface area (Å²) in [5.74, 6) is -0.232. The third kappa shape index (κ3) is 5.33. The second-order valence-electron chi connectivity index (χ2n) is 4.18. The van der Waals surface area contributed by atoms with Gasteiger partial charge in [-0.2, -0.15) is 0 Å². The normalized spacial score (nSPS) is 20.2. The van der Waals surface area contributed by atoms with Gasteiger partial charge in [-0.05, 0) is 13.3 Å². The summed E-state index contributed by atoms with van der Waals surface area (Å²) in [6.07, 6.45) is 0.807. The van der Waals surface area contributed by atoms with Gasteiger partial charge in [0, 0.05) is 20.3 Å². The van der Waals surface area contributed by atoms with E-state index in [2.05, 4.69) is 16.0 Å². The molecule has 1 heterocycles. The van der Waals surface area contributed by atoms with Gasteiger partial charge in [0.2, 0.25) is 5.91 Å². The highest BCUT2D eigenvalue weighted by Gasteiger charge is 2.20. The zero-order valence-electron chi connectivity index (χ0n) is 10.8. The van der Waals surface area contributed by atoms with E-state index in [1.54, 1.807) is 14.0 Å². The predicted octanol–water partition coefficient (Wildman–Crippen LogP) is -0.774. The minimum atomic E-state index is -0.579. The molecule has 1 rings (SSSR count). The molecule has 18 heavy (non-hydrogen) atoms. The van der Waals surface area contributed by atoms with Gasteiger partial charge in [0.1, 0.15) is 6.04 Å². The van der Waals surface area contributed by atoms with Crippen molar-refractivity contribution in [3.05, 3.63) is 0 Å². The highest BCUT2D eigenvalue weighted by atomic mass is 16.5. The SMILES string of the molecule is COCCNC(=O)C(C)NC(=O)NC1CCOC1.